The van der Waals surface area contributed by atoms with E-state index in [0.29, 0.717) is 17.8 Å². The molecular formula is C16H23ClN2O3. The predicted octanol–water partition coefficient (Wildman–Crippen LogP) is 1.85. The van der Waals surface area contributed by atoms with Crippen LogP contribution in [0.5, 0.6) is 11.5 Å². The molecule has 2 aliphatic heterocycles. The molecule has 0 aromatic heterocycles. The number of carbonyl (C=O) groups is 1. The van der Waals surface area contributed by atoms with E-state index in [1.165, 1.54) is 0 Å². The van der Waals surface area contributed by atoms with Crippen molar-refractivity contribution in [3.8, 4) is 11.5 Å². The first-order chi connectivity index (χ1) is 10.3. The van der Waals surface area contributed by atoms with Gasteiger partial charge in [0.2, 0.25) is 0 Å². The van der Waals surface area contributed by atoms with Crippen LogP contribution in [0.1, 0.15) is 19.3 Å². The number of nitrogens with one attached hydrogen (secondary N) is 1. The fourth-order valence-corrected chi connectivity index (χ4v) is 3.30. The maximum absolute atomic E-state index is 12.5. The lowest BCUT2D eigenvalue weighted by molar-refractivity contribution is -0.136. The van der Waals surface area contributed by atoms with Gasteiger partial charge in [0, 0.05) is 24.7 Å². The van der Waals surface area contributed by atoms with Crippen molar-refractivity contribution in [2.75, 3.05) is 26.8 Å². The molecule has 122 valence electrons. The Bertz CT molecular complexity index is 498. The average Bonchev–Trinajstić information content (AvgIpc) is 2.78. The van der Waals surface area contributed by atoms with Gasteiger partial charge in [0.25, 0.3) is 5.91 Å². The zero-order valence-corrected chi connectivity index (χ0v) is 13.6. The lowest BCUT2D eigenvalue weighted by atomic mass is 10.1. The Morgan fingerprint density at radius 3 is 2.86 bits per heavy atom. The number of carbonyl (C=O) groups excluding carboxylic acids is 1. The summed E-state index contributed by atoms with van der Waals surface area (Å²) in [7, 11) is 1.62. The summed E-state index contributed by atoms with van der Waals surface area (Å²) in [6, 6.07) is 8.07. The average molecular weight is 327 g/mol. The van der Waals surface area contributed by atoms with Crippen LogP contribution in [0.25, 0.3) is 0 Å². The Kier molecular flexibility index (Phi) is 5.91. The van der Waals surface area contributed by atoms with Crippen LogP contribution >= 0.6 is 12.4 Å². The number of hydrogen-bond donors (Lipinski definition) is 1. The Morgan fingerprint density at radius 2 is 2.05 bits per heavy atom. The summed E-state index contributed by atoms with van der Waals surface area (Å²) < 4.78 is 10.8. The number of halogens is 1. The highest BCUT2D eigenvalue weighted by Crippen LogP contribution is 2.28. The lowest BCUT2D eigenvalue weighted by Crippen LogP contribution is -2.44. The van der Waals surface area contributed by atoms with E-state index in [0.717, 1.165) is 38.1 Å². The van der Waals surface area contributed by atoms with Gasteiger partial charge in [-0.1, -0.05) is 6.07 Å². The van der Waals surface area contributed by atoms with Crippen LogP contribution < -0.4 is 14.8 Å². The molecule has 1 aromatic carbocycles. The lowest BCUT2D eigenvalue weighted by Gasteiger charge is -2.27. The van der Waals surface area contributed by atoms with Gasteiger partial charge in [-0.25, -0.2) is 0 Å². The highest BCUT2D eigenvalue weighted by molar-refractivity contribution is 5.85. The molecule has 1 N–H and O–H groups in total. The second-order valence-electron chi connectivity index (χ2n) is 5.65. The third-order valence-electron chi connectivity index (χ3n) is 4.35. The van der Waals surface area contributed by atoms with Gasteiger partial charge in [0.1, 0.15) is 11.5 Å². The van der Waals surface area contributed by atoms with Crippen LogP contribution in [0.4, 0.5) is 0 Å². The fraction of sp³-hybridized carbons (Fsp3) is 0.562. The van der Waals surface area contributed by atoms with Crippen LogP contribution in [0.3, 0.4) is 0 Å². The van der Waals surface area contributed by atoms with Gasteiger partial charge >= 0.3 is 0 Å². The Labute approximate surface area is 137 Å². The summed E-state index contributed by atoms with van der Waals surface area (Å²) >= 11 is 0. The van der Waals surface area contributed by atoms with Crippen LogP contribution in [-0.4, -0.2) is 49.7 Å². The highest BCUT2D eigenvalue weighted by atomic mass is 35.5. The van der Waals surface area contributed by atoms with E-state index in [2.05, 4.69) is 5.32 Å². The molecule has 0 saturated carbocycles. The highest BCUT2D eigenvalue weighted by Gasteiger charge is 2.37. The number of methoxy groups -OCH3 is 1. The van der Waals surface area contributed by atoms with Crippen LogP contribution in [0.2, 0.25) is 0 Å². The first-order valence-corrected chi connectivity index (χ1v) is 7.56. The number of rotatable bonds is 4. The molecule has 3 rings (SSSR count). The molecule has 2 saturated heterocycles. The zero-order chi connectivity index (χ0) is 14.7. The Balaban J connectivity index is 0.00000176. The second-order valence-corrected chi connectivity index (χ2v) is 5.65. The van der Waals surface area contributed by atoms with Gasteiger partial charge in [0.15, 0.2) is 6.61 Å². The Morgan fingerprint density at radius 1 is 1.27 bits per heavy atom. The summed E-state index contributed by atoms with van der Waals surface area (Å²) in [6.45, 7) is 2.00. The molecule has 2 heterocycles. The number of amides is 1. The molecule has 22 heavy (non-hydrogen) atoms. The smallest absolute Gasteiger partial charge is 0.261 e. The number of ether oxygens (including phenoxy) is 2. The van der Waals surface area contributed by atoms with Crippen molar-refractivity contribution in [1.82, 2.24) is 10.2 Å². The van der Waals surface area contributed by atoms with Crippen LogP contribution in [0.15, 0.2) is 24.3 Å². The standard InChI is InChI=1S/C16H22N2O3.ClH/c1-20-14-3-2-4-15(9-14)21-11-16(19)18-12-5-6-13(18)10-17-8-7-12;/h2-4,9,12-13,17H,5-8,10-11H2,1H3;1H. The predicted molar refractivity (Wildman–Crippen MR) is 86.9 cm³/mol. The summed E-state index contributed by atoms with van der Waals surface area (Å²) in [6.07, 6.45) is 3.27. The van der Waals surface area contributed by atoms with Crippen molar-refractivity contribution < 1.29 is 14.3 Å². The second kappa shape index (κ2) is 7.70. The van der Waals surface area contributed by atoms with Crippen molar-refractivity contribution >= 4 is 18.3 Å². The molecule has 2 unspecified atom stereocenters. The molecule has 2 bridgehead atoms. The van der Waals surface area contributed by atoms with Gasteiger partial charge in [-0.3, -0.25) is 4.79 Å². The van der Waals surface area contributed by atoms with Crippen LogP contribution in [-0.2, 0) is 4.79 Å². The Hall–Kier alpha value is -1.46. The molecule has 2 atom stereocenters. The summed E-state index contributed by atoms with van der Waals surface area (Å²) in [5.41, 5.74) is 0. The maximum Gasteiger partial charge on any atom is 0.261 e. The molecule has 0 spiro atoms. The van der Waals surface area contributed by atoms with Gasteiger partial charge in [0.05, 0.1) is 7.11 Å². The van der Waals surface area contributed by atoms with E-state index in [1.807, 2.05) is 23.1 Å². The largest absolute Gasteiger partial charge is 0.497 e. The monoisotopic (exact) mass is 326 g/mol. The van der Waals surface area contributed by atoms with Crippen molar-refractivity contribution in [3.05, 3.63) is 24.3 Å². The molecule has 1 amide bonds. The first kappa shape index (κ1) is 16.9. The van der Waals surface area contributed by atoms with Gasteiger partial charge in [-0.15, -0.1) is 12.4 Å². The van der Waals surface area contributed by atoms with E-state index in [4.69, 9.17) is 9.47 Å². The van der Waals surface area contributed by atoms with Crippen molar-refractivity contribution in [2.24, 2.45) is 0 Å². The van der Waals surface area contributed by atoms with E-state index in [-0.39, 0.29) is 24.9 Å². The first-order valence-electron chi connectivity index (χ1n) is 7.56. The van der Waals surface area contributed by atoms with Gasteiger partial charge < -0.3 is 19.7 Å². The molecule has 2 fully saturated rings. The van der Waals surface area contributed by atoms with E-state index in [9.17, 15) is 4.79 Å². The van der Waals surface area contributed by atoms with Gasteiger partial charge in [-0.2, -0.15) is 0 Å². The topological polar surface area (TPSA) is 50.8 Å². The van der Waals surface area contributed by atoms with E-state index >= 15 is 0 Å². The molecule has 0 radical (unpaired) electrons. The zero-order valence-electron chi connectivity index (χ0n) is 12.8. The minimum Gasteiger partial charge on any atom is -0.497 e. The fourth-order valence-electron chi connectivity index (χ4n) is 3.30. The summed E-state index contributed by atoms with van der Waals surface area (Å²) in [5.74, 6) is 1.50. The summed E-state index contributed by atoms with van der Waals surface area (Å²) in [5, 5.41) is 3.40. The molecular weight excluding hydrogens is 304 g/mol. The molecule has 1 aromatic rings. The maximum atomic E-state index is 12.5. The van der Waals surface area contributed by atoms with E-state index < -0.39 is 0 Å². The normalized spacial score (nSPS) is 23.4. The molecule has 0 aliphatic carbocycles. The third kappa shape index (κ3) is 3.65. The van der Waals surface area contributed by atoms with Crippen molar-refractivity contribution in [1.29, 1.82) is 0 Å². The molecule has 2 aliphatic rings. The van der Waals surface area contributed by atoms with Crippen molar-refractivity contribution in [2.45, 2.75) is 31.3 Å². The van der Waals surface area contributed by atoms with Gasteiger partial charge in [-0.05, 0) is 37.9 Å². The molecule has 5 nitrogen and oxygen atoms in total. The minimum absolute atomic E-state index is 0. The SMILES string of the molecule is COc1cccc(OCC(=O)N2C3CCNCC2CC3)c1.Cl. The van der Waals surface area contributed by atoms with Crippen molar-refractivity contribution in [3.63, 3.8) is 0 Å². The number of hydrogen-bond acceptors (Lipinski definition) is 4. The number of benzene rings is 1. The number of fused-ring (bicyclic) bond motifs is 2. The minimum atomic E-state index is 0. The van der Waals surface area contributed by atoms with Crippen LogP contribution in [0, 0.1) is 0 Å². The number of nitrogens with zero attached hydrogens (tertiary/aromatic N) is 1. The summed E-state index contributed by atoms with van der Waals surface area (Å²) in [4.78, 5) is 14.5. The quantitative estimate of drug-likeness (QED) is 0.917. The van der Waals surface area contributed by atoms with E-state index in [1.54, 1.807) is 13.2 Å². The third-order valence-corrected chi connectivity index (χ3v) is 4.35. The molecule has 6 heteroatoms.